The van der Waals surface area contributed by atoms with Crippen LogP contribution in [-0.2, 0) is 56.2 Å². The van der Waals surface area contributed by atoms with E-state index in [1.54, 1.807) is 24.3 Å². The Balaban J connectivity index is 0.000000399. The number of hydrogen-bond acceptors (Lipinski definition) is 8. The molecule has 2 rings (SSSR count). The summed E-state index contributed by atoms with van der Waals surface area (Å²) in [5.74, 6) is -3.02. The molecule has 1 amide bonds. The third-order valence-corrected chi connectivity index (χ3v) is 7.76. The number of halogens is 3. The topological polar surface area (TPSA) is 140 Å². The standard InChI is InChI=1S/C13H14F3NO4S.C11H15NO3S/c1-21-11(18)8-5-9-3-6-10(7-4-9)22(2,20)17-12(19)13(14,15)16;1-15-11(13)8-5-9-3-6-10(7-4-9)16(2,12)14/h3-4,6-7H,5,8H2,1-2H3;3-4,6-7,12H,5,8H2,1-2H3. The molecule has 14 heteroatoms. The molecule has 210 valence electrons. The maximum Gasteiger partial charge on any atom is 0.474 e. The van der Waals surface area contributed by atoms with Gasteiger partial charge in [0.05, 0.1) is 33.7 Å². The fourth-order valence-corrected chi connectivity index (χ4v) is 4.61. The van der Waals surface area contributed by atoms with Gasteiger partial charge in [-0.05, 0) is 48.2 Å². The number of rotatable bonds is 8. The van der Waals surface area contributed by atoms with Crippen LogP contribution in [0.1, 0.15) is 24.0 Å². The van der Waals surface area contributed by atoms with Crippen LogP contribution in [0.25, 0.3) is 0 Å². The largest absolute Gasteiger partial charge is 0.474 e. The molecule has 0 aromatic heterocycles. The highest BCUT2D eigenvalue weighted by Crippen LogP contribution is 2.20. The molecule has 0 bridgehead atoms. The van der Waals surface area contributed by atoms with E-state index in [-0.39, 0.29) is 17.3 Å². The van der Waals surface area contributed by atoms with Gasteiger partial charge in [0.1, 0.15) is 0 Å². The molecule has 38 heavy (non-hydrogen) atoms. The summed E-state index contributed by atoms with van der Waals surface area (Å²) in [6.45, 7) is 0. The highest BCUT2D eigenvalue weighted by molar-refractivity contribution is 7.93. The first kappa shape index (κ1) is 32.8. The minimum absolute atomic E-state index is 0.00641. The SMILES string of the molecule is COC(=O)CCc1ccc(S(C)(=N)=O)cc1.COC(=O)CCc1ccc(S(C)(=O)=NC(=O)C(F)(F)F)cc1. The molecular weight excluding hydrogens is 549 g/mol. The van der Waals surface area contributed by atoms with Gasteiger partial charge in [0.25, 0.3) is 0 Å². The van der Waals surface area contributed by atoms with Crippen LogP contribution in [0.4, 0.5) is 13.2 Å². The van der Waals surface area contributed by atoms with Crippen molar-refractivity contribution >= 4 is 37.3 Å². The molecule has 2 aromatic rings. The lowest BCUT2D eigenvalue weighted by molar-refractivity contribution is -0.169. The van der Waals surface area contributed by atoms with Crippen LogP contribution >= 0.6 is 0 Å². The predicted octanol–water partition coefficient (Wildman–Crippen LogP) is 4.17. The van der Waals surface area contributed by atoms with Gasteiger partial charge >= 0.3 is 24.0 Å². The number of nitrogens with zero attached hydrogens (tertiary/aromatic N) is 1. The highest BCUT2D eigenvalue weighted by Gasteiger charge is 2.39. The number of alkyl halides is 3. The first-order valence-corrected chi connectivity index (χ1v) is 14.8. The summed E-state index contributed by atoms with van der Waals surface area (Å²) < 4.78 is 79.2. The number of carbonyl (C=O) groups excluding carboxylic acids is 3. The zero-order valence-corrected chi connectivity index (χ0v) is 22.8. The Kier molecular flexibility index (Phi) is 12.1. The van der Waals surface area contributed by atoms with Crippen molar-refractivity contribution in [3.05, 3.63) is 59.7 Å². The molecule has 1 N–H and O–H groups in total. The number of ether oxygens (including phenoxy) is 2. The molecule has 0 heterocycles. The molecule has 9 nitrogen and oxygen atoms in total. The molecule has 0 saturated heterocycles. The number of esters is 2. The molecule has 0 radical (unpaired) electrons. The smallest absolute Gasteiger partial charge is 0.469 e. The van der Waals surface area contributed by atoms with Crippen molar-refractivity contribution in [1.82, 2.24) is 0 Å². The molecule has 2 aromatic carbocycles. The Morgan fingerprint density at radius 3 is 1.47 bits per heavy atom. The minimum Gasteiger partial charge on any atom is -0.469 e. The molecule has 2 unspecified atom stereocenters. The summed E-state index contributed by atoms with van der Waals surface area (Å²) in [7, 11) is -3.51. The quantitative estimate of drug-likeness (QED) is 0.464. The van der Waals surface area contributed by atoms with Crippen LogP contribution < -0.4 is 0 Å². The number of aryl methyl sites for hydroxylation is 2. The van der Waals surface area contributed by atoms with Crippen LogP contribution in [0.3, 0.4) is 0 Å². The normalized spacial score (nSPS) is 14.1. The molecular formula is C24H29F3N2O7S2. The van der Waals surface area contributed by atoms with Gasteiger partial charge in [0, 0.05) is 35.1 Å². The Morgan fingerprint density at radius 2 is 1.16 bits per heavy atom. The van der Waals surface area contributed by atoms with Crippen LogP contribution in [0.2, 0.25) is 0 Å². The summed E-state index contributed by atoms with van der Waals surface area (Å²) in [5, 5.41) is 0. The maximum atomic E-state index is 12.2. The lowest BCUT2D eigenvalue weighted by Gasteiger charge is -2.07. The van der Waals surface area contributed by atoms with Crippen molar-refractivity contribution < 1.29 is 45.4 Å². The predicted molar refractivity (Wildman–Crippen MR) is 134 cm³/mol. The van der Waals surface area contributed by atoms with E-state index in [4.69, 9.17) is 4.78 Å². The zero-order chi connectivity index (χ0) is 29.1. The van der Waals surface area contributed by atoms with E-state index in [9.17, 15) is 36.0 Å². The second-order valence-electron chi connectivity index (χ2n) is 7.98. The van der Waals surface area contributed by atoms with Crippen LogP contribution in [0, 0.1) is 4.78 Å². The van der Waals surface area contributed by atoms with E-state index < -0.39 is 37.5 Å². The van der Waals surface area contributed by atoms with Gasteiger partial charge < -0.3 is 9.47 Å². The number of amides is 1. The van der Waals surface area contributed by atoms with E-state index >= 15 is 0 Å². The van der Waals surface area contributed by atoms with E-state index in [0.29, 0.717) is 29.7 Å². The Morgan fingerprint density at radius 1 is 0.789 bits per heavy atom. The molecule has 0 aliphatic heterocycles. The van der Waals surface area contributed by atoms with Gasteiger partial charge in [-0.3, -0.25) is 14.4 Å². The summed E-state index contributed by atoms with van der Waals surface area (Å²) >= 11 is 0. The van der Waals surface area contributed by atoms with E-state index in [1.165, 1.54) is 44.7 Å². The van der Waals surface area contributed by atoms with Crippen molar-refractivity contribution in [2.24, 2.45) is 4.36 Å². The van der Waals surface area contributed by atoms with Gasteiger partial charge in [-0.2, -0.15) is 13.2 Å². The third-order valence-electron chi connectivity index (χ3n) is 4.92. The fraction of sp³-hybridized carbons (Fsp3) is 0.375. The highest BCUT2D eigenvalue weighted by atomic mass is 32.2. The number of nitrogens with one attached hydrogen (secondary N) is 1. The molecule has 0 spiro atoms. The number of carbonyl (C=O) groups is 3. The van der Waals surface area contributed by atoms with E-state index in [1.807, 2.05) is 0 Å². The lowest BCUT2D eigenvalue weighted by atomic mass is 10.1. The van der Waals surface area contributed by atoms with Crippen molar-refractivity contribution in [2.75, 3.05) is 26.7 Å². The Bertz CT molecular complexity index is 1350. The number of benzene rings is 2. The molecule has 0 fully saturated rings. The van der Waals surface area contributed by atoms with Crippen LogP contribution in [0.15, 0.2) is 62.7 Å². The van der Waals surface area contributed by atoms with Gasteiger partial charge in [-0.25, -0.2) is 13.2 Å². The number of methoxy groups -OCH3 is 2. The Hall–Kier alpha value is -3.26. The number of hydrogen-bond donors (Lipinski definition) is 1. The second kappa shape index (κ2) is 14.0. The Labute approximate surface area is 219 Å². The van der Waals surface area contributed by atoms with Gasteiger partial charge in [0.15, 0.2) is 0 Å². The fourth-order valence-electron chi connectivity index (χ4n) is 2.78. The van der Waals surface area contributed by atoms with Crippen molar-refractivity contribution in [1.29, 1.82) is 4.78 Å². The summed E-state index contributed by atoms with van der Waals surface area (Å²) in [6.07, 6.45) is -1.37. The minimum atomic E-state index is -5.15. The molecule has 0 aliphatic rings. The lowest BCUT2D eigenvalue weighted by Crippen LogP contribution is -2.21. The van der Waals surface area contributed by atoms with Crippen LogP contribution in [0.5, 0.6) is 0 Å². The summed E-state index contributed by atoms with van der Waals surface area (Å²) in [6, 6.07) is 12.6. The molecule has 0 saturated carbocycles. The average molecular weight is 579 g/mol. The molecule has 2 atom stereocenters. The summed E-state index contributed by atoms with van der Waals surface area (Å²) in [5.41, 5.74) is 1.68. The monoisotopic (exact) mass is 578 g/mol. The van der Waals surface area contributed by atoms with Gasteiger partial charge in [-0.15, -0.1) is 4.36 Å². The van der Waals surface area contributed by atoms with Crippen molar-refractivity contribution in [2.45, 2.75) is 41.7 Å². The van der Waals surface area contributed by atoms with Crippen molar-refractivity contribution in [3.63, 3.8) is 0 Å². The zero-order valence-electron chi connectivity index (χ0n) is 21.2. The maximum absolute atomic E-state index is 12.2. The second-order valence-corrected chi connectivity index (χ2v) is 12.4. The van der Waals surface area contributed by atoms with E-state index in [0.717, 1.165) is 11.8 Å². The first-order valence-electron chi connectivity index (χ1n) is 10.9. The van der Waals surface area contributed by atoms with Gasteiger partial charge in [0.2, 0.25) is 0 Å². The van der Waals surface area contributed by atoms with E-state index in [2.05, 4.69) is 13.8 Å². The van der Waals surface area contributed by atoms with Crippen LogP contribution in [-0.4, -0.2) is 59.2 Å². The third kappa shape index (κ3) is 11.4. The molecule has 0 aliphatic carbocycles. The van der Waals surface area contributed by atoms with Gasteiger partial charge in [-0.1, -0.05) is 24.3 Å². The average Bonchev–Trinajstić information content (AvgIpc) is 2.85. The van der Waals surface area contributed by atoms with Crippen molar-refractivity contribution in [3.8, 4) is 0 Å². The first-order chi connectivity index (χ1) is 17.5. The summed E-state index contributed by atoms with van der Waals surface area (Å²) in [4.78, 5) is 33.2.